The largest absolute Gasteiger partial charge is 0.420 e. The maximum absolute atomic E-state index is 12.6. The van der Waals surface area contributed by atoms with Crippen molar-refractivity contribution in [2.75, 3.05) is 17.8 Å². The van der Waals surface area contributed by atoms with Crippen LogP contribution in [0, 0.1) is 0 Å². The topological polar surface area (TPSA) is 119 Å². The van der Waals surface area contributed by atoms with Crippen LogP contribution in [0.3, 0.4) is 0 Å². The summed E-state index contributed by atoms with van der Waals surface area (Å²) >= 11 is 0.931. The molecule has 0 atom stereocenters. The molecule has 9 nitrogen and oxygen atoms in total. The molecule has 0 fully saturated rings. The van der Waals surface area contributed by atoms with Gasteiger partial charge in [0.05, 0.1) is 17.0 Å². The molecule has 1 aliphatic heterocycles. The van der Waals surface area contributed by atoms with E-state index in [2.05, 4.69) is 37.6 Å². The molecule has 0 spiro atoms. The molecule has 1 aliphatic rings. The monoisotopic (exact) mass is 483 g/mol. The summed E-state index contributed by atoms with van der Waals surface area (Å²) in [4.78, 5) is 16.3. The van der Waals surface area contributed by atoms with Gasteiger partial charge >= 0.3 is 5.76 Å². The standard InChI is InChI=1S/C22H21N5O4S2/c28-22-27(13-15-3-5-17(6-4-15)16-2-1-10-23-11-9-16)19-8-7-18(12-20(19)31-22)33(29,30)26-21-24-14-25-32-21/h3-9,12,14,23H,1-2,10-11,13H2,(H,24,25,26). The van der Waals surface area contributed by atoms with Crippen LogP contribution in [-0.4, -0.2) is 35.4 Å². The van der Waals surface area contributed by atoms with Crippen molar-refractivity contribution in [2.24, 2.45) is 0 Å². The Labute approximate surface area is 194 Å². The van der Waals surface area contributed by atoms with E-state index in [-0.39, 0.29) is 15.6 Å². The normalized spacial score (nSPS) is 14.7. The number of hydrogen-bond acceptors (Lipinski definition) is 8. The molecule has 170 valence electrons. The first-order valence-corrected chi connectivity index (χ1v) is 12.7. The number of nitrogens with one attached hydrogen (secondary N) is 2. The second kappa shape index (κ2) is 8.93. The van der Waals surface area contributed by atoms with Gasteiger partial charge in [-0.15, -0.1) is 0 Å². The second-order valence-corrected chi connectivity index (χ2v) is 10.1. The number of oxazole rings is 1. The zero-order valence-electron chi connectivity index (χ0n) is 17.5. The Morgan fingerprint density at radius 1 is 1.18 bits per heavy atom. The molecule has 0 radical (unpaired) electrons. The van der Waals surface area contributed by atoms with Crippen molar-refractivity contribution in [3.63, 3.8) is 0 Å². The van der Waals surface area contributed by atoms with Crippen LogP contribution in [0.5, 0.6) is 0 Å². The number of anilines is 1. The minimum absolute atomic E-state index is 0.0263. The third-order valence-corrected chi connectivity index (χ3v) is 7.54. The highest BCUT2D eigenvalue weighted by atomic mass is 32.2. The number of allylic oxidation sites excluding steroid dienone is 1. The van der Waals surface area contributed by atoms with E-state index in [1.54, 1.807) is 6.07 Å². The number of benzene rings is 2. The molecule has 33 heavy (non-hydrogen) atoms. The lowest BCUT2D eigenvalue weighted by Gasteiger charge is -2.08. The van der Waals surface area contributed by atoms with Gasteiger partial charge in [0, 0.05) is 24.1 Å². The van der Waals surface area contributed by atoms with Gasteiger partial charge in [-0.25, -0.2) is 18.2 Å². The van der Waals surface area contributed by atoms with Gasteiger partial charge in [0.1, 0.15) is 6.33 Å². The van der Waals surface area contributed by atoms with Crippen molar-refractivity contribution in [3.8, 4) is 0 Å². The van der Waals surface area contributed by atoms with Crippen LogP contribution in [0.2, 0.25) is 0 Å². The van der Waals surface area contributed by atoms with Crippen molar-refractivity contribution < 1.29 is 12.8 Å². The molecule has 0 unspecified atom stereocenters. The van der Waals surface area contributed by atoms with Crippen molar-refractivity contribution >= 4 is 43.4 Å². The summed E-state index contributed by atoms with van der Waals surface area (Å²) < 4.78 is 38.2. The van der Waals surface area contributed by atoms with E-state index in [4.69, 9.17) is 4.42 Å². The average molecular weight is 484 g/mol. The Morgan fingerprint density at radius 2 is 2.03 bits per heavy atom. The minimum atomic E-state index is -3.88. The first-order chi connectivity index (χ1) is 16.0. The van der Waals surface area contributed by atoms with E-state index in [1.807, 2.05) is 12.1 Å². The lowest BCUT2D eigenvalue weighted by molar-refractivity contribution is 0.517. The number of nitrogens with zero attached hydrogens (tertiary/aromatic N) is 3. The third-order valence-electron chi connectivity index (χ3n) is 5.49. The van der Waals surface area contributed by atoms with E-state index in [0.29, 0.717) is 12.1 Å². The quantitative estimate of drug-likeness (QED) is 0.433. The van der Waals surface area contributed by atoms with Crippen molar-refractivity contribution in [3.05, 3.63) is 76.5 Å². The van der Waals surface area contributed by atoms with Gasteiger partial charge in [0.2, 0.25) is 5.13 Å². The second-order valence-electron chi connectivity index (χ2n) is 7.67. The summed E-state index contributed by atoms with van der Waals surface area (Å²) in [5.74, 6) is -0.543. The lowest BCUT2D eigenvalue weighted by Crippen LogP contribution is -2.15. The Bertz CT molecular complexity index is 1470. The van der Waals surface area contributed by atoms with Crippen molar-refractivity contribution in [1.29, 1.82) is 0 Å². The summed E-state index contributed by atoms with van der Waals surface area (Å²) in [6.45, 7) is 2.22. The highest BCUT2D eigenvalue weighted by Crippen LogP contribution is 2.24. The Morgan fingerprint density at radius 3 is 2.82 bits per heavy atom. The van der Waals surface area contributed by atoms with Gasteiger partial charge in [-0.3, -0.25) is 9.29 Å². The summed E-state index contributed by atoms with van der Waals surface area (Å²) in [5.41, 5.74) is 4.19. The highest BCUT2D eigenvalue weighted by Gasteiger charge is 2.19. The molecule has 2 aromatic carbocycles. The molecule has 5 rings (SSSR count). The molecule has 0 bridgehead atoms. The molecule has 11 heteroatoms. The number of rotatable bonds is 6. The minimum Gasteiger partial charge on any atom is -0.408 e. The van der Waals surface area contributed by atoms with Gasteiger partial charge in [0.15, 0.2) is 5.58 Å². The van der Waals surface area contributed by atoms with Gasteiger partial charge in [-0.1, -0.05) is 30.3 Å². The molecule has 2 N–H and O–H groups in total. The van der Waals surface area contributed by atoms with Crippen LogP contribution < -0.4 is 15.8 Å². The fourth-order valence-electron chi connectivity index (χ4n) is 3.83. The number of hydrogen-bond donors (Lipinski definition) is 2. The third kappa shape index (κ3) is 4.61. The molecular weight excluding hydrogens is 462 g/mol. The molecule has 0 aliphatic carbocycles. The van der Waals surface area contributed by atoms with E-state index < -0.39 is 15.8 Å². The van der Waals surface area contributed by atoms with Crippen LogP contribution in [0.1, 0.15) is 24.0 Å². The van der Waals surface area contributed by atoms with Crippen LogP contribution in [0.4, 0.5) is 5.13 Å². The molecule has 2 aromatic heterocycles. The van der Waals surface area contributed by atoms with Gasteiger partial charge in [-0.05, 0) is 48.2 Å². The fraction of sp³-hybridized carbons (Fsp3) is 0.227. The first kappa shape index (κ1) is 21.6. The number of sulfonamides is 1. The SMILES string of the molecule is O=c1oc2cc(S(=O)(=O)Nc3ncns3)ccc2n1Cc1ccc(C2=CCNCCC2)cc1. The summed E-state index contributed by atoms with van der Waals surface area (Å²) in [6, 6.07) is 12.5. The molecule has 0 saturated carbocycles. The first-order valence-electron chi connectivity index (χ1n) is 10.4. The Kier molecular flexibility index (Phi) is 5.83. The predicted octanol–water partition coefficient (Wildman–Crippen LogP) is 3.06. The average Bonchev–Trinajstić information content (AvgIpc) is 3.31. The van der Waals surface area contributed by atoms with Crippen LogP contribution in [0.15, 0.2) is 69.0 Å². The lowest BCUT2D eigenvalue weighted by atomic mass is 10.00. The van der Waals surface area contributed by atoms with E-state index in [1.165, 1.54) is 34.2 Å². The van der Waals surface area contributed by atoms with Crippen LogP contribution >= 0.6 is 11.5 Å². The zero-order chi connectivity index (χ0) is 22.8. The molecule has 0 amide bonds. The Balaban J connectivity index is 1.39. The molecule has 4 aromatic rings. The maximum Gasteiger partial charge on any atom is 0.420 e. The maximum atomic E-state index is 12.6. The van der Waals surface area contributed by atoms with Crippen LogP contribution in [-0.2, 0) is 16.6 Å². The van der Waals surface area contributed by atoms with Gasteiger partial charge in [-0.2, -0.15) is 4.37 Å². The predicted molar refractivity (Wildman–Crippen MR) is 127 cm³/mol. The Hall–Kier alpha value is -3.28. The summed E-state index contributed by atoms with van der Waals surface area (Å²) in [6.07, 6.45) is 5.64. The van der Waals surface area contributed by atoms with Gasteiger partial charge < -0.3 is 9.73 Å². The molecule has 3 heterocycles. The van der Waals surface area contributed by atoms with E-state index in [9.17, 15) is 13.2 Å². The van der Waals surface area contributed by atoms with Gasteiger partial charge in [0.25, 0.3) is 10.0 Å². The van der Waals surface area contributed by atoms with Crippen LogP contribution in [0.25, 0.3) is 16.7 Å². The fourth-order valence-corrected chi connectivity index (χ4v) is 5.50. The molecule has 0 saturated heterocycles. The van der Waals surface area contributed by atoms with E-state index in [0.717, 1.165) is 43.0 Å². The molecular formula is C22H21N5O4S2. The smallest absolute Gasteiger partial charge is 0.408 e. The highest BCUT2D eigenvalue weighted by molar-refractivity contribution is 7.93. The zero-order valence-corrected chi connectivity index (χ0v) is 19.2. The summed E-state index contributed by atoms with van der Waals surface area (Å²) in [5, 5.41) is 3.52. The van der Waals surface area contributed by atoms with Crippen molar-refractivity contribution in [2.45, 2.75) is 24.3 Å². The number of fused-ring (bicyclic) bond motifs is 1. The van der Waals surface area contributed by atoms with E-state index >= 15 is 0 Å². The number of aromatic nitrogens is 3. The summed E-state index contributed by atoms with van der Waals surface area (Å²) in [7, 11) is -3.88. The van der Waals surface area contributed by atoms with Crippen molar-refractivity contribution in [1.82, 2.24) is 19.2 Å².